The van der Waals surface area contributed by atoms with Crippen molar-refractivity contribution in [2.45, 2.75) is 83.0 Å². The normalized spacial score (nSPS) is 29.5. The minimum Gasteiger partial charge on any atom is -0.378 e. The lowest BCUT2D eigenvalue weighted by atomic mass is 9.96. The van der Waals surface area contributed by atoms with Crippen LogP contribution in [0.25, 0.3) is 0 Å². The Hall–Kier alpha value is -0.120. The first-order valence-corrected chi connectivity index (χ1v) is 8.36. The van der Waals surface area contributed by atoms with E-state index in [2.05, 4.69) is 12.2 Å². The van der Waals surface area contributed by atoms with Crippen molar-refractivity contribution in [3.8, 4) is 0 Å². The highest BCUT2D eigenvalue weighted by molar-refractivity contribution is 4.80. The van der Waals surface area contributed by atoms with Crippen LogP contribution in [0.3, 0.4) is 0 Å². The van der Waals surface area contributed by atoms with Gasteiger partial charge < -0.3 is 14.8 Å². The minimum absolute atomic E-state index is 0.449. The Morgan fingerprint density at radius 2 is 2.00 bits per heavy atom. The topological polar surface area (TPSA) is 30.5 Å². The van der Waals surface area contributed by atoms with Crippen molar-refractivity contribution in [3.63, 3.8) is 0 Å². The van der Waals surface area contributed by atoms with Crippen molar-refractivity contribution < 1.29 is 9.47 Å². The number of ether oxygens (including phenoxy) is 2. The average molecular weight is 269 g/mol. The van der Waals surface area contributed by atoms with Gasteiger partial charge in [-0.25, -0.2) is 0 Å². The van der Waals surface area contributed by atoms with Crippen LogP contribution in [0, 0.1) is 0 Å². The molecule has 2 rings (SSSR count). The average Bonchev–Trinajstić information content (AvgIpc) is 2.97. The van der Waals surface area contributed by atoms with Crippen molar-refractivity contribution in [2.75, 3.05) is 19.8 Å². The van der Waals surface area contributed by atoms with Gasteiger partial charge in [0.05, 0.1) is 12.2 Å². The molecule has 0 amide bonds. The molecule has 3 unspecified atom stereocenters. The van der Waals surface area contributed by atoms with Crippen molar-refractivity contribution in [3.05, 3.63) is 0 Å². The summed E-state index contributed by atoms with van der Waals surface area (Å²) in [4.78, 5) is 0. The second kappa shape index (κ2) is 8.93. The number of rotatable bonds is 8. The molecular weight excluding hydrogens is 238 g/mol. The van der Waals surface area contributed by atoms with E-state index in [9.17, 15) is 0 Å². The van der Waals surface area contributed by atoms with Crippen LogP contribution < -0.4 is 5.32 Å². The van der Waals surface area contributed by atoms with E-state index in [0.29, 0.717) is 18.2 Å². The zero-order valence-corrected chi connectivity index (χ0v) is 12.5. The molecule has 2 heterocycles. The van der Waals surface area contributed by atoms with E-state index in [1.165, 1.54) is 57.8 Å². The largest absolute Gasteiger partial charge is 0.378 e. The first-order valence-electron chi connectivity index (χ1n) is 8.36. The lowest BCUT2D eigenvalue weighted by Gasteiger charge is -2.31. The lowest BCUT2D eigenvalue weighted by molar-refractivity contribution is -0.0105. The smallest absolute Gasteiger partial charge is 0.0728 e. The van der Waals surface area contributed by atoms with Gasteiger partial charge in [-0.1, -0.05) is 6.92 Å². The van der Waals surface area contributed by atoms with Gasteiger partial charge >= 0.3 is 0 Å². The molecule has 0 radical (unpaired) electrons. The molecular formula is C16H31NO2. The van der Waals surface area contributed by atoms with Crippen LogP contribution in [0.15, 0.2) is 0 Å². The Kier molecular flexibility index (Phi) is 7.18. The molecule has 0 spiro atoms. The Morgan fingerprint density at radius 1 is 1.11 bits per heavy atom. The van der Waals surface area contributed by atoms with Gasteiger partial charge in [-0.15, -0.1) is 0 Å². The monoisotopic (exact) mass is 269 g/mol. The van der Waals surface area contributed by atoms with E-state index in [1.54, 1.807) is 0 Å². The van der Waals surface area contributed by atoms with Gasteiger partial charge in [0.2, 0.25) is 0 Å². The van der Waals surface area contributed by atoms with E-state index in [1.807, 2.05) is 0 Å². The minimum atomic E-state index is 0.449. The summed E-state index contributed by atoms with van der Waals surface area (Å²) in [7, 11) is 0. The molecule has 0 bridgehead atoms. The molecule has 0 aromatic rings. The lowest BCUT2D eigenvalue weighted by Crippen LogP contribution is -2.43. The van der Waals surface area contributed by atoms with Gasteiger partial charge in [0.15, 0.2) is 0 Å². The van der Waals surface area contributed by atoms with Gasteiger partial charge in [0, 0.05) is 19.3 Å². The highest BCUT2D eigenvalue weighted by Gasteiger charge is 2.24. The van der Waals surface area contributed by atoms with E-state index in [0.717, 1.165) is 19.8 Å². The third kappa shape index (κ3) is 5.41. The standard InChI is InChI=1S/C16H31NO2/c1-2-11-17-15(16-10-3-4-12-19-16)9-5-7-14-8-6-13-18-14/h14-17H,2-13H2,1H3. The molecule has 2 aliphatic rings. The summed E-state index contributed by atoms with van der Waals surface area (Å²) in [6, 6.07) is 0.557. The van der Waals surface area contributed by atoms with Gasteiger partial charge in [0.25, 0.3) is 0 Å². The summed E-state index contributed by atoms with van der Waals surface area (Å²) in [6.45, 7) is 5.29. The summed E-state index contributed by atoms with van der Waals surface area (Å²) in [5, 5.41) is 3.70. The maximum absolute atomic E-state index is 5.97. The van der Waals surface area contributed by atoms with Crippen LogP contribution in [0.1, 0.15) is 64.7 Å². The Morgan fingerprint density at radius 3 is 2.68 bits per heavy atom. The number of nitrogens with one attached hydrogen (secondary N) is 1. The fraction of sp³-hybridized carbons (Fsp3) is 1.00. The van der Waals surface area contributed by atoms with Crippen LogP contribution in [0.2, 0.25) is 0 Å². The molecule has 0 aromatic carbocycles. The Bertz CT molecular complexity index is 223. The fourth-order valence-electron chi connectivity index (χ4n) is 3.27. The molecule has 0 aliphatic carbocycles. The van der Waals surface area contributed by atoms with Gasteiger partial charge in [-0.2, -0.15) is 0 Å². The third-order valence-electron chi connectivity index (χ3n) is 4.39. The van der Waals surface area contributed by atoms with Crippen molar-refractivity contribution in [1.29, 1.82) is 0 Å². The van der Waals surface area contributed by atoms with Crippen LogP contribution in [0.4, 0.5) is 0 Å². The van der Waals surface area contributed by atoms with Gasteiger partial charge in [-0.3, -0.25) is 0 Å². The predicted octanol–water partition coefficient (Wildman–Crippen LogP) is 3.27. The molecule has 0 aromatic heterocycles. The molecule has 1 N–H and O–H groups in total. The molecule has 3 heteroatoms. The summed E-state index contributed by atoms with van der Waals surface area (Å²) in [5.74, 6) is 0. The van der Waals surface area contributed by atoms with Crippen molar-refractivity contribution in [2.24, 2.45) is 0 Å². The second-order valence-corrected chi connectivity index (χ2v) is 6.03. The summed E-state index contributed by atoms with van der Waals surface area (Å²) < 4.78 is 11.7. The van der Waals surface area contributed by atoms with Gasteiger partial charge in [-0.05, 0) is 64.3 Å². The van der Waals surface area contributed by atoms with Crippen molar-refractivity contribution in [1.82, 2.24) is 5.32 Å². The molecule has 2 fully saturated rings. The van der Waals surface area contributed by atoms with Crippen molar-refractivity contribution >= 4 is 0 Å². The van der Waals surface area contributed by atoms with E-state index in [4.69, 9.17) is 9.47 Å². The Labute approximate surface area is 118 Å². The first-order chi connectivity index (χ1) is 9.40. The van der Waals surface area contributed by atoms with Crippen LogP contribution in [0.5, 0.6) is 0 Å². The van der Waals surface area contributed by atoms with Gasteiger partial charge in [0.1, 0.15) is 0 Å². The number of hydrogen-bond acceptors (Lipinski definition) is 3. The highest BCUT2D eigenvalue weighted by atomic mass is 16.5. The highest BCUT2D eigenvalue weighted by Crippen LogP contribution is 2.22. The Balaban J connectivity index is 1.69. The van der Waals surface area contributed by atoms with Crippen LogP contribution in [-0.4, -0.2) is 38.0 Å². The second-order valence-electron chi connectivity index (χ2n) is 6.03. The summed E-state index contributed by atoms with van der Waals surface area (Å²) in [5.41, 5.74) is 0. The third-order valence-corrected chi connectivity index (χ3v) is 4.39. The molecule has 2 aliphatic heterocycles. The zero-order chi connectivity index (χ0) is 13.3. The quantitative estimate of drug-likeness (QED) is 0.733. The summed E-state index contributed by atoms with van der Waals surface area (Å²) >= 11 is 0. The zero-order valence-electron chi connectivity index (χ0n) is 12.5. The SMILES string of the molecule is CCCNC(CCCC1CCCO1)C1CCCCO1. The van der Waals surface area contributed by atoms with E-state index >= 15 is 0 Å². The maximum Gasteiger partial charge on any atom is 0.0728 e. The molecule has 3 nitrogen and oxygen atoms in total. The number of hydrogen-bond donors (Lipinski definition) is 1. The first kappa shape index (κ1) is 15.3. The molecule has 0 saturated carbocycles. The molecule has 2 saturated heterocycles. The van der Waals surface area contributed by atoms with Crippen LogP contribution in [-0.2, 0) is 9.47 Å². The molecule has 19 heavy (non-hydrogen) atoms. The van der Waals surface area contributed by atoms with E-state index in [-0.39, 0.29) is 0 Å². The predicted molar refractivity (Wildman–Crippen MR) is 78.5 cm³/mol. The summed E-state index contributed by atoms with van der Waals surface area (Å²) in [6.07, 6.45) is 12.3. The maximum atomic E-state index is 5.97. The van der Waals surface area contributed by atoms with E-state index < -0.39 is 0 Å². The molecule has 112 valence electrons. The molecule has 3 atom stereocenters. The van der Waals surface area contributed by atoms with Crippen LogP contribution >= 0.6 is 0 Å². The fourth-order valence-corrected chi connectivity index (χ4v) is 3.27.